The summed E-state index contributed by atoms with van der Waals surface area (Å²) in [6.45, 7) is 3.27. The molecule has 4 aromatic rings. The van der Waals surface area contributed by atoms with Crippen LogP contribution in [0.25, 0.3) is 0 Å². The topological polar surface area (TPSA) is 96.0 Å². The lowest BCUT2D eigenvalue weighted by molar-refractivity contribution is -0.140. The highest BCUT2D eigenvalue weighted by atomic mass is 35.5. The van der Waals surface area contributed by atoms with Crippen LogP contribution in [-0.2, 0) is 32.6 Å². The number of carbonyl (C=O) groups is 2. The number of nitrogens with zero attached hydrogens (tertiary/aromatic N) is 2. The van der Waals surface area contributed by atoms with E-state index in [-0.39, 0.29) is 35.5 Å². The molecule has 0 aliphatic carbocycles. The number of carbonyl (C=O) groups excluding carboxylic acids is 2. The summed E-state index contributed by atoms with van der Waals surface area (Å²) < 4.78 is 34.6. The van der Waals surface area contributed by atoms with Crippen molar-refractivity contribution < 1.29 is 22.7 Å². The third kappa shape index (κ3) is 9.02. The highest BCUT2D eigenvalue weighted by molar-refractivity contribution is 7.92. The summed E-state index contributed by atoms with van der Waals surface area (Å²) in [5.41, 5.74) is 1.74. The summed E-state index contributed by atoms with van der Waals surface area (Å²) in [5.74, 6) is -0.343. The number of anilines is 1. The maximum atomic E-state index is 14.5. The predicted octanol–water partition coefficient (Wildman–Crippen LogP) is 6.75. The van der Waals surface area contributed by atoms with Gasteiger partial charge in [0.15, 0.2) is 0 Å². The highest BCUT2D eigenvalue weighted by Gasteiger charge is 2.35. The van der Waals surface area contributed by atoms with E-state index in [1.165, 1.54) is 35.2 Å². The van der Waals surface area contributed by atoms with Crippen LogP contribution in [0.2, 0.25) is 10.0 Å². The summed E-state index contributed by atoms with van der Waals surface area (Å²) in [7, 11) is -2.73. The van der Waals surface area contributed by atoms with Gasteiger partial charge < -0.3 is 15.0 Å². The summed E-state index contributed by atoms with van der Waals surface area (Å²) in [5, 5.41) is 3.69. The molecule has 242 valence electrons. The van der Waals surface area contributed by atoms with Crippen LogP contribution in [-0.4, -0.2) is 50.9 Å². The monoisotopic (exact) mass is 681 g/mol. The van der Waals surface area contributed by atoms with E-state index in [1.54, 1.807) is 43.5 Å². The summed E-state index contributed by atoms with van der Waals surface area (Å²) >= 11 is 12.3. The molecule has 0 unspecified atom stereocenters. The highest BCUT2D eigenvalue weighted by Crippen LogP contribution is 2.28. The van der Waals surface area contributed by atoms with Crippen molar-refractivity contribution in [3.8, 4) is 5.75 Å². The Balaban J connectivity index is 1.82. The van der Waals surface area contributed by atoms with Crippen LogP contribution in [0.4, 0.5) is 5.69 Å². The molecule has 8 nitrogen and oxygen atoms in total. The molecular formula is C35H37Cl2N3O5S. The van der Waals surface area contributed by atoms with Crippen molar-refractivity contribution in [3.63, 3.8) is 0 Å². The number of amides is 2. The fourth-order valence-corrected chi connectivity index (χ4v) is 6.57. The Morgan fingerprint density at radius 3 is 2.17 bits per heavy atom. The standard InChI is InChI=1S/C35H37Cl2N3O5S/c1-4-25(2)38-35(42)33(21-26-10-6-5-7-11-26)39(23-27-12-8-15-31(20-27)45-3)34(41)24-40(30-14-9-13-29(37)22-30)46(43,44)32-18-16-28(36)17-19-32/h5-20,22,25,33H,4,21,23-24H2,1-3H3,(H,38,42)/t25-,33+/m1/s1. The van der Waals surface area contributed by atoms with Crippen LogP contribution in [0, 0.1) is 0 Å². The smallest absolute Gasteiger partial charge is 0.264 e. The van der Waals surface area contributed by atoms with Crippen LogP contribution in [0.15, 0.2) is 108 Å². The zero-order chi connectivity index (χ0) is 33.3. The molecule has 4 aromatic carbocycles. The van der Waals surface area contributed by atoms with Gasteiger partial charge >= 0.3 is 0 Å². The first-order chi connectivity index (χ1) is 22.0. The van der Waals surface area contributed by atoms with Crippen LogP contribution in [0.3, 0.4) is 0 Å². The van der Waals surface area contributed by atoms with Crippen molar-refractivity contribution in [2.24, 2.45) is 0 Å². The summed E-state index contributed by atoms with van der Waals surface area (Å²) in [4.78, 5) is 29.9. The molecule has 0 aliphatic heterocycles. The first kappa shape index (κ1) is 34.8. The molecule has 4 rings (SSSR count). The minimum Gasteiger partial charge on any atom is -0.497 e. The molecule has 0 aliphatic rings. The molecule has 0 spiro atoms. The SMILES string of the molecule is CC[C@@H](C)NC(=O)[C@H](Cc1ccccc1)N(Cc1cccc(OC)c1)C(=O)CN(c1cccc(Cl)c1)S(=O)(=O)c1ccc(Cl)cc1. The van der Waals surface area contributed by atoms with Gasteiger partial charge in [0.2, 0.25) is 11.8 Å². The molecule has 0 aromatic heterocycles. The normalized spacial score (nSPS) is 12.5. The predicted molar refractivity (Wildman–Crippen MR) is 183 cm³/mol. The Labute approximate surface area is 280 Å². The molecule has 0 saturated carbocycles. The van der Waals surface area contributed by atoms with Crippen molar-refractivity contribution in [2.75, 3.05) is 18.0 Å². The van der Waals surface area contributed by atoms with Crippen molar-refractivity contribution >= 4 is 50.7 Å². The maximum Gasteiger partial charge on any atom is 0.264 e. The lowest BCUT2D eigenvalue weighted by Crippen LogP contribution is -2.54. The van der Waals surface area contributed by atoms with E-state index in [0.717, 1.165) is 9.87 Å². The molecule has 46 heavy (non-hydrogen) atoms. The second-order valence-electron chi connectivity index (χ2n) is 10.8. The Kier molecular flexibility index (Phi) is 12.1. The first-order valence-corrected chi connectivity index (χ1v) is 17.0. The number of sulfonamides is 1. The van der Waals surface area contributed by atoms with E-state index in [1.807, 2.05) is 50.2 Å². The van der Waals surface area contributed by atoms with Crippen molar-refractivity contribution in [2.45, 2.75) is 50.2 Å². The van der Waals surface area contributed by atoms with E-state index in [2.05, 4.69) is 5.32 Å². The zero-order valence-electron chi connectivity index (χ0n) is 25.9. The Hall–Kier alpha value is -4.05. The van der Waals surface area contributed by atoms with Gasteiger partial charge in [0, 0.05) is 29.1 Å². The molecular weight excluding hydrogens is 645 g/mol. The van der Waals surface area contributed by atoms with Crippen LogP contribution >= 0.6 is 23.2 Å². The first-order valence-electron chi connectivity index (χ1n) is 14.8. The van der Waals surface area contributed by atoms with E-state index in [9.17, 15) is 18.0 Å². The fourth-order valence-electron chi connectivity index (χ4n) is 4.86. The average Bonchev–Trinajstić information content (AvgIpc) is 3.05. The fraction of sp³-hybridized carbons (Fsp3) is 0.257. The number of halogens is 2. The molecule has 2 atom stereocenters. The number of benzene rings is 4. The van der Waals surface area contributed by atoms with Gasteiger partial charge in [-0.25, -0.2) is 8.42 Å². The number of methoxy groups -OCH3 is 1. The van der Waals surface area contributed by atoms with Gasteiger partial charge in [0.1, 0.15) is 18.3 Å². The molecule has 0 heterocycles. The van der Waals surface area contributed by atoms with Gasteiger partial charge in [-0.05, 0) is 79.1 Å². The quantitative estimate of drug-likeness (QED) is 0.159. The lowest BCUT2D eigenvalue weighted by atomic mass is 10.0. The number of hydrogen-bond acceptors (Lipinski definition) is 5. The number of ether oxygens (including phenoxy) is 1. The van der Waals surface area contributed by atoms with Crippen molar-refractivity contribution in [3.05, 3.63) is 124 Å². The zero-order valence-corrected chi connectivity index (χ0v) is 28.2. The second kappa shape index (κ2) is 16.0. The number of nitrogens with one attached hydrogen (secondary N) is 1. The number of rotatable bonds is 14. The Morgan fingerprint density at radius 1 is 0.848 bits per heavy atom. The minimum atomic E-state index is -4.28. The van der Waals surface area contributed by atoms with Gasteiger partial charge in [-0.15, -0.1) is 0 Å². The molecule has 11 heteroatoms. The molecule has 0 radical (unpaired) electrons. The van der Waals surface area contributed by atoms with E-state index >= 15 is 0 Å². The van der Waals surface area contributed by atoms with Crippen molar-refractivity contribution in [1.82, 2.24) is 10.2 Å². The largest absolute Gasteiger partial charge is 0.497 e. The molecule has 0 saturated heterocycles. The second-order valence-corrected chi connectivity index (χ2v) is 13.6. The van der Waals surface area contributed by atoms with Crippen molar-refractivity contribution in [1.29, 1.82) is 0 Å². The van der Waals surface area contributed by atoms with Gasteiger partial charge in [0.05, 0.1) is 17.7 Å². The lowest BCUT2D eigenvalue weighted by Gasteiger charge is -2.34. The van der Waals surface area contributed by atoms with E-state index in [0.29, 0.717) is 27.8 Å². The maximum absolute atomic E-state index is 14.5. The van der Waals surface area contributed by atoms with Gasteiger partial charge in [-0.3, -0.25) is 13.9 Å². The summed E-state index contributed by atoms with van der Waals surface area (Å²) in [6.07, 6.45) is 0.898. The minimum absolute atomic E-state index is 0.0197. The Morgan fingerprint density at radius 2 is 1.52 bits per heavy atom. The van der Waals surface area contributed by atoms with Crippen LogP contribution in [0.1, 0.15) is 31.4 Å². The third-order valence-corrected chi connectivity index (χ3v) is 9.81. The van der Waals surface area contributed by atoms with Gasteiger partial charge in [-0.1, -0.05) is 78.7 Å². The molecule has 2 amide bonds. The van der Waals surface area contributed by atoms with E-state index in [4.69, 9.17) is 27.9 Å². The molecule has 0 bridgehead atoms. The Bertz CT molecular complexity index is 1740. The van der Waals surface area contributed by atoms with Gasteiger partial charge in [0.25, 0.3) is 10.0 Å². The summed E-state index contributed by atoms with van der Waals surface area (Å²) in [6, 6.07) is 27.4. The third-order valence-electron chi connectivity index (χ3n) is 7.54. The molecule has 0 fully saturated rings. The molecule has 1 N–H and O–H groups in total. The van der Waals surface area contributed by atoms with Crippen LogP contribution in [0.5, 0.6) is 5.75 Å². The number of hydrogen-bond donors (Lipinski definition) is 1. The van der Waals surface area contributed by atoms with Crippen LogP contribution < -0.4 is 14.4 Å². The van der Waals surface area contributed by atoms with Gasteiger partial charge in [-0.2, -0.15) is 0 Å². The average molecular weight is 683 g/mol. The van der Waals surface area contributed by atoms with E-state index < -0.39 is 28.5 Å².